The maximum Gasteiger partial charge on any atom is 0.272 e. The van der Waals surface area contributed by atoms with Gasteiger partial charge < -0.3 is 15.4 Å². The summed E-state index contributed by atoms with van der Waals surface area (Å²) < 4.78 is 5.89. The van der Waals surface area contributed by atoms with Crippen LogP contribution >= 0.6 is 0 Å². The van der Waals surface area contributed by atoms with Gasteiger partial charge in [-0.15, -0.1) is 0 Å². The van der Waals surface area contributed by atoms with E-state index >= 15 is 0 Å². The zero-order valence-corrected chi connectivity index (χ0v) is 14.5. The van der Waals surface area contributed by atoms with Crippen molar-refractivity contribution in [2.24, 2.45) is 5.73 Å². The normalized spacial score (nSPS) is 16.4. The molecule has 1 aliphatic rings. The lowest BCUT2D eigenvalue weighted by Crippen LogP contribution is -2.31. The zero-order valence-electron chi connectivity index (χ0n) is 14.5. The molecule has 4 rings (SSSR count). The summed E-state index contributed by atoms with van der Waals surface area (Å²) in [5.41, 5.74) is 6.61. The van der Waals surface area contributed by atoms with Gasteiger partial charge in [-0.1, -0.05) is 24.3 Å². The Labute approximate surface area is 155 Å². The number of primary amides is 1. The number of carbonyl (C=O) groups excluding carboxylic acids is 2. The molecule has 1 fully saturated rings. The number of rotatable bonds is 4. The largest absolute Gasteiger partial charge is 0.488 e. The Kier molecular flexibility index (Phi) is 4.42. The van der Waals surface area contributed by atoms with E-state index in [1.54, 1.807) is 17.0 Å². The smallest absolute Gasteiger partial charge is 0.272 e. The van der Waals surface area contributed by atoms with Crippen molar-refractivity contribution >= 4 is 22.7 Å². The van der Waals surface area contributed by atoms with Gasteiger partial charge in [0.15, 0.2) is 0 Å². The Hall–Kier alpha value is -3.48. The minimum Gasteiger partial charge on any atom is -0.488 e. The van der Waals surface area contributed by atoms with E-state index in [2.05, 4.69) is 9.97 Å². The zero-order chi connectivity index (χ0) is 18.8. The fourth-order valence-electron chi connectivity index (χ4n) is 3.17. The molecule has 0 saturated carbocycles. The summed E-state index contributed by atoms with van der Waals surface area (Å²) in [6, 6.07) is 14.5. The van der Waals surface area contributed by atoms with Gasteiger partial charge in [-0.25, -0.2) is 4.98 Å². The van der Waals surface area contributed by atoms with Crippen molar-refractivity contribution in [3.05, 3.63) is 66.1 Å². The first-order valence-corrected chi connectivity index (χ1v) is 8.68. The number of fused-ring (bicyclic) bond motifs is 1. The third-order valence-electron chi connectivity index (χ3n) is 4.54. The highest BCUT2D eigenvalue weighted by Crippen LogP contribution is 2.21. The van der Waals surface area contributed by atoms with Crippen LogP contribution in [0, 0.1) is 0 Å². The molecule has 2 aromatic heterocycles. The molecule has 2 amide bonds. The maximum atomic E-state index is 12.8. The molecule has 7 heteroatoms. The molecule has 2 N–H and O–H groups in total. The lowest BCUT2D eigenvalue weighted by molar-refractivity contribution is 0.0767. The molecule has 0 spiro atoms. The second-order valence-corrected chi connectivity index (χ2v) is 6.41. The van der Waals surface area contributed by atoms with Crippen molar-refractivity contribution in [1.82, 2.24) is 14.9 Å². The summed E-state index contributed by atoms with van der Waals surface area (Å²) in [5.74, 6) is -0.201. The quantitative estimate of drug-likeness (QED) is 0.766. The van der Waals surface area contributed by atoms with E-state index in [1.165, 1.54) is 12.3 Å². The number of carbonyl (C=O) groups is 2. The molecule has 0 bridgehead atoms. The highest BCUT2D eigenvalue weighted by molar-refractivity contribution is 5.95. The third kappa shape index (κ3) is 3.57. The van der Waals surface area contributed by atoms with Crippen molar-refractivity contribution in [1.29, 1.82) is 0 Å². The number of nitrogens with zero attached hydrogens (tertiary/aromatic N) is 3. The Morgan fingerprint density at radius 1 is 1.11 bits per heavy atom. The fourth-order valence-corrected chi connectivity index (χ4v) is 3.17. The molecule has 7 nitrogen and oxygen atoms in total. The number of amides is 2. The average molecular weight is 362 g/mol. The van der Waals surface area contributed by atoms with Gasteiger partial charge >= 0.3 is 0 Å². The van der Waals surface area contributed by atoms with Crippen molar-refractivity contribution < 1.29 is 14.3 Å². The minimum absolute atomic E-state index is 0.112. The first-order chi connectivity index (χ1) is 13.1. The monoisotopic (exact) mass is 362 g/mol. The van der Waals surface area contributed by atoms with E-state index in [1.807, 2.05) is 30.3 Å². The van der Waals surface area contributed by atoms with E-state index in [0.29, 0.717) is 31.0 Å². The van der Waals surface area contributed by atoms with Crippen LogP contribution < -0.4 is 10.5 Å². The number of pyridine rings is 2. The minimum atomic E-state index is -0.606. The second-order valence-electron chi connectivity index (χ2n) is 6.41. The molecular formula is C20H18N4O3. The van der Waals surface area contributed by atoms with Crippen LogP contribution in [0.15, 0.2) is 54.7 Å². The SMILES string of the molecule is NC(=O)c1cc(OC2CCN(C(=O)c3ccc4ccccc4n3)C2)ccn1. The molecule has 27 heavy (non-hydrogen) atoms. The van der Waals surface area contributed by atoms with Gasteiger partial charge in [0, 0.05) is 30.6 Å². The predicted octanol–water partition coefficient (Wildman–Crippen LogP) is 2.02. The van der Waals surface area contributed by atoms with Crippen molar-refractivity contribution in [3.8, 4) is 5.75 Å². The van der Waals surface area contributed by atoms with Crippen molar-refractivity contribution in [2.45, 2.75) is 12.5 Å². The summed E-state index contributed by atoms with van der Waals surface area (Å²) in [6.45, 7) is 1.05. The Balaban J connectivity index is 1.44. The molecule has 0 radical (unpaired) electrons. The highest BCUT2D eigenvalue weighted by atomic mass is 16.5. The Morgan fingerprint density at radius 3 is 2.81 bits per heavy atom. The first kappa shape index (κ1) is 17.0. The van der Waals surface area contributed by atoms with Crippen LogP contribution in [0.1, 0.15) is 27.4 Å². The molecule has 1 unspecified atom stereocenters. The summed E-state index contributed by atoms with van der Waals surface area (Å²) in [6.07, 6.45) is 2.03. The summed E-state index contributed by atoms with van der Waals surface area (Å²) >= 11 is 0. The highest BCUT2D eigenvalue weighted by Gasteiger charge is 2.29. The average Bonchev–Trinajstić information content (AvgIpc) is 3.15. The van der Waals surface area contributed by atoms with Crippen molar-refractivity contribution in [2.75, 3.05) is 13.1 Å². The van der Waals surface area contributed by atoms with Gasteiger partial charge in [0.2, 0.25) is 0 Å². The van der Waals surface area contributed by atoms with Gasteiger partial charge in [0.05, 0.1) is 12.1 Å². The summed E-state index contributed by atoms with van der Waals surface area (Å²) in [7, 11) is 0. The van der Waals surface area contributed by atoms with E-state index in [4.69, 9.17) is 10.5 Å². The van der Waals surface area contributed by atoms with Crippen LogP contribution in [-0.2, 0) is 0 Å². The topological polar surface area (TPSA) is 98.4 Å². The predicted molar refractivity (Wildman–Crippen MR) is 99.4 cm³/mol. The number of hydrogen-bond donors (Lipinski definition) is 1. The van der Waals surface area contributed by atoms with E-state index in [-0.39, 0.29) is 17.7 Å². The van der Waals surface area contributed by atoms with Crippen LogP contribution in [0.3, 0.4) is 0 Å². The number of aromatic nitrogens is 2. The lowest BCUT2D eigenvalue weighted by Gasteiger charge is -2.17. The van der Waals surface area contributed by atoms with Crippen LogP contribution in [0.4, 0.5) is 0 Å². The van der Waals surface area contributed by atoms with Crippen molar-refractivity contribution in [3.63, 3.8) is 0 Å². The van der Waals surface area contributed by atoms with Gasteiger partial charge in [-0.05, 0) is 18.2 Å². The van der Waals surface area contributed by atoms with Gasteiger partial charge in [0.25, 0.3) is 11.8 Å². The number of benzene rings is 1. The van der Waals surface area contributed by atoms with Crippen LogP contribution in [-0.4, -0.2) is 45.9 Å². The molecule has 0 aliphatic carbocycles. The molecular weight excluding hydrogens is 344 g/mol. The number of ether oxygens (including phenoxy) is 1. The standard InChI is InChI=1S/C20H18N4O3/c21-19(25)18-11-14(7-9-22-18)27-15-8-10-24(12-15)20(26)17-6-5-13-3-1-2-4-16(13)23-17/h1-7,9,11,15H,8,10,12H2,(H2,21,25). The van der Waals surface area contributed by atoms with Crippen LogP contribution in [0.5, 0.6) is 5.75 Å². The van der Waals surface area contributed by atoms with Gasteiger partial charge in [-0.3, -0.25) is 14.6 Å². The summed E-state index contributed by atoms with van der Waals surface area (Å²) in [5, 5.41) is 1.000. The number of hydrogen-bond acceptors (Lipinski definition) is 5. The van der Waals surface area contributed by atoms with Crippen LogP contribution in [0.25, 0.3) is 10.9 Å². The molecule has 1 atom stereocenters. The van der Waals surface area contributed by atoms with Gasteiger partial charge in [0.1, 0.15) is 23.2 Å². The number of nitrogens with two attached hydrogens (primary N) is 1. The third-order valence-corrected chi connectivity index (χ3v) is 4.54. The lowest BCUT2D eigenvalue weighted by atomic mass is 10.2. The first-order valence-electron chi connectivity index (χ1n) is 8.68. The molecule has 3 heterocycles. The van der Waals surface area contributed by atoms with Crippen LogP contribution in [0.2, 0.25) is 0 Å². The molecule has 136 valence electrons. The molecule has 1 aromatic carbocycles. The van der Waals surface area contributed by atoms with E-state index < -0.39 is 5.91 Å². The van der Waals surface area contributed by atoms with Gasteiger partial charge in [-0.2, -0.15) is 0 Å². The second kappa shape index (κ2) is 7.03. The molecule has 1 aliphatic heterocycles. The number of para-hydroxylation sites is 1. The Morgan fingerprint density at radius 2 is 1.96 bits per heavy atom. The fraction of sp³-hybridized carbons (Fsp3) is 0.200. The van der Waals surface area contributed by atoms with E-state index in [9.17, 15) is 9.59 Å². The van der Waals surface area contributed by atoms with E-state index in [0.717, 1.165) is 10.9 Å². The Bertz CT molecular complexity index is 1020. The number of likely N-dealkylation sites (tertiary alicyclic amines) is 1. The summed E-state index contributed by atoms with van der Waals surface area (Å²) in [4.78, 5) is 34.1. The molecule has 3 aromatic rings. The molecule has 1 saturated heterocycles. The maximum absolute atomic E-state index is 12.8.